The van der Waals surface area contributed by atoms with Crippen LogP contribution in [0.15, 0.2) is 48.5 Å². The summed E-state index contributed by atoms with van der Waals surface area (Å²) in [6.45, 7) is 3.15. The van der Waals surface area contributed by atoms with Crippen molar-refractivity contribution in [2.45, 2.75) is 25.8 Å². The Kier molecular flexibility index (Phi) is 5.26. The normalized spacial score (nSPS) is 16.0. The summed E-state index contributed by atoms with van der Waals surface area (Å²) in [6.07, 6.45) is 2.30. The van der Waals surface area contributed by atoms with Crippen molar-refractivity contribution in [3.8, 4) is 11.1 Å². The highest BCUT2D eigenvalue weighted by atomic mass is 32.1. The average Bonchev–Trinajstić information content (AvgIpc) is 3.36. The SMILES string of the molecule is CC1CCCN1c1nnc(NC(=O)c2cccc(-c3ccc(C(N)=O)cc3)c2)s1. The van der Waals surface area contributed by atoms with Crippen LogP contribution in [0.4, 0.5) is 10.3 Å². The smallest absolute Gasteiger partial charge is 0.257 e. The van der Waals surface area contributed by atoms with Gasteiger partial charge in [0.1, 0.15) is 0 Å². The van der Waals surface area contributed by atoms with Crippen molar-refractivity contribution < 1.29 is 9.59 Å². The summed E-state index contributed by atoms with van der Waals surface area (Å²) in [5.74, 6) is -0.706. The van der Waals surface area contributed by atoms with Gasteiger partial charge in [-0.25, -0.2) is 0 Å². The number of aromatic nitrogens is 2. The first-order valence-electron chi connectivity index (χ1n) is 9.43. The molecule has 0 bridgehead atoms. The third kappa shape index (κ3) is 4.12. The molecule has 0 aliphatic carbocycles. The summed E-state index contributed by atoms with van der Waals surface area (Å²) in [7, 11) is 0. The van der Waals surface area contributed by atoms with Gasteiger partial charge in [-0.15, -0.1) is 10.2 Å². The second-order valence-electron chi connectivity index (χ2n) is 7.05. The maximum absolute atomic E-state index is 12.7. The molecule has 29 heavy (non-hydrogen) atoms. The van der Waals surface area contributed by atoms with Gasteiger partial charge in [0.25, 0.3) is 5.91 Å². The quantitative estimate of drug-likeness (QED) is 0.674. The standard InChI is InChI=1S/C21H21N5O2S/c1-13-4-3-11-26(13)21-25-24-20(29-21)23-19(28)17-6-2-5-16(12-17)14-7-9-15(10-8-14)18(22)27/h2,5-10,12-13H,3-4,11H2,1H3,(H2,22,27)(H,23,24,28). The van der Waals surface area contributed by atoms with Crippen molar-refractivity contribution in [3.63, 3.8) is 0 Å². The molecule has 0 spiro atoms. The lowest BCUT2D eigenvalue weighted by Gasteiger charge is -2.18. The van der Waals surface area contributed by atoms with Gasteiger partial charge in [0.2, 0.25) is 16.2 Å². The Bertz CT molecular complexity index is 1050. The van der Waals surface area contributed by atoms with Gasteiger partial charge in [0.15, 0.2) is 0 Å². The fraction of sp³-hybridized carbons (Fsp3) is 0.238. The minimum atomic E-state index is -0.468. The lowest BCUT2D eigenvalue weighted by molar-refractivity contribution is 0.0997. The molecule has 1 aliphatic rings. The van der Waals surface area contributed by atoms with Crippen LogP contribution >= 0.6 is 11.3 Å². The molecule has 8 heteroatoms. The summed E-state index contributed by atoms with van der Waals surface area (Å²) < 4.78 is 0. The Morgan fingerprint density at radius 1 is 1.10 bits per heavy atom. The van der Waals surface area contributed by atoms with E-state index in [1.54, 1.807) is 24.3 Å². The zero-order valence-corrected chi connectivity index (χ0v) is 16.8. The highest BCUT2D eigenvalue weighted by molar-refractivity contribution is 7.19. The zero-order valence-electron chi connectivity index (χ0n) is 16.0. The molecule has 0 radical (unpaired) electrons. The molecule has 4 rings (SSSR count). The molecule has 1 saturated heterocycles. The monoisotopic (exact) mass is 407 g/mol. The number of benzene rings is 2. The number of anilines is 2. The van der Waals surface area contributed by atoms with E-state index in [0.29, 0.717) is 22.3 Å². The molecule has 148 valence electrons. The molecular formula is C21H21N5O2S. The van der Waals surface area contributed by atoms with Gasteiger partial charge in [0, 0.05) is 23.7 Å². The third-order valence-corrected chi connectivity index (χ3v) is 5.94. The topological polar surface area (TPSA) is 101 Å². The van der Waals surface area contributed by atoms with Gasteiger partial charge >= 0.3 is 0 Å². The van der Waals surface area contributed by atoms with Crippen molar-refractivity contribution in [1.82, 2.24) is 10.2 Å². The highest BCUT2D eigenvalue weighted by Gasteiger charge is 2.24. The molecule has 2 amide bonds. The number of hydrogen-bond acceptors (Lipinski definition) is 6. The minimum Gasteiger partial charge on any atom is -0.366 e. The van der Waals surface area contributed by atoms with Gasteiger partial charge in [-0.05, 0) is 55.2 Å². The van der Waals surface area contributed by atoms with Crippen LogP contribution in [0.3, 0.4) is 0 Å². The van der Waals surface area contributed by atoms with Crippen LogP contribution in [0.1, 0.15) is 40.5 Å². The van der Waals surface area contributed by atoms with Crippen molar-refractivity contribution >= 4 is 33.4 Å². The lowest BCUT2D eigenvalue weighted by atomic mass is 10.0. The van der Waals surface area contributed by atoms with Gasteiger partial charge in [0.05, 0.1) is 0 Å². The number of hydrogen-bond donors (Lipinski definition) is 2. The van der Waals surface area contributed by atoms with Crippen LogP contribution in [-0.4, -0.2) is 34.6 Å². The highest BCUT2D eigenvalue weighted by Crippen LogP contribution is 2.30. The van der Waals surface area contributed by atoms with Crippen LogP contribution in [0.5, 0.6) is 0 Å². The molecule has 1 fully saturated rings. The van der Waals surface area contributed by atoms with E-state index in [-0.39, 0.29) is 5.91 Å². The van der Waals surface area contributed by atoms with E-state index in [0.717, 1.165) is 35.6 Å². The Morgan fingerprint density at radius 2 is 1.90 bits per heavy atom. The minimum absolute atomic E-state index is 0.238. The molecule has 3 N–H and O–H groups in total. The van der Waals surface area contributed by atoms with E-state index in [2.05, 4.69) is 27.3 Å². The Morgan fingerprint density at radius 3 is 2.59 bits per heavy atom. The predicted octanol–water partition coefficient (Wildman–Crippen LogP) is 3.55. The number of primary amides is 1. The predicted molar refractivity (Wildman–Crippen MR) is 114 cm³/mol. The van der Waals surface area contributed by atoms with E-state index < -0.39 is 5.91 Å². The molecule has 3 aromatic rings. The van der Waals surface area contributed by atoms with Crippen LogP contribution in [-0.2, 0) is 0 Å². The van der Waals surface area contributed by atoms with E-state index >= 15 is 0 Å². The van der Waals surface area contributed by atoms with Crippen LogP contribution < -0.4 is 16.0 Å². The van der Waals surface area contributed by atoms with Gasteiger partial charge in [-0.2, -0.15) is 0 Å². The number of nitrogens with zero attached hydrogens (tertiary/aromatic N) is 3. The molecule has 1 unspecified atom stereocenters. The van der Waals surface area contributed by atoms with E-state index in [1.807, 2.05) is 24.3 Å². The molecule has 0 saturated carbocycles. The second-order valence-corrected chi connectivity index (χ2v) is 8.01. The summed E-state index contributed by atoms with van der Waals surface area (Å²) in [6, 6.07) is 14.7. The first-order valence-corrected chi connectivity index (χ1v) is 10.2. The average molecular weight is 407 g/mol. The maximum Gasteiger partial charge on any atom is 0.257 e. The van der Waals surface area contributed by atoms with E-state index in [4.69, 9.17) is 5.73 Å². The van der Waals surface area contributed by atoms with Crippen LogP contribution in [0.25, 0.3) is 11.1 Å². The Labute approximate surface area is 172 Å². The fourth-order valence-electron chi connectivity index (χ4n) is 3.44. The van der Waals surface area contributed by atoms with E-state index in [1.165, 1.54) is 11.3 Å². The molecule has 2 heterocycles. The molecule has 2 aromatic carbocycles. The summed E-state index contributed by atoms with van der Waals surface area (Å²) in [5, 5.41) is 12.5. The number of amides is 2. The van der Waals surface area contributed by atoms with E-state index in [9.17, 15) is 9.59 Å². The second kappa shape index (κ2) is 8.00. The zero-order chi connectivity index (χ0) is 20.4. The van der Waals surface area contributed by atoms with Gasteiger partial charge in [-0.3, -0.25) is 14.9 Å². The van der Waals surface area contributed by atoms with Crippen molar-refractivity contribution in [3.05, 3.63) is 59.7 Å². The Hall–Kier alpha value is -3.26. The van der Waals surface area contributed by atoms with Crippen LogP contribution in [0.2, 0.25) is 0 Å². The summed E-state index contributed by atoms with van der Waals surface area (Å²) in [5.41, 5.74) is 8.02. The van der Waals surface area contributed by atoms with Gasteiger partial charge in [-0.1, -0.05) is 35.6 Å². The summed E-state index contributed by atoms with van der Waals surface area (Å²) in [4.78, 5) is 26.1. The number of carbonyl (C=O) groups excluding carboxylic acids is 2. The number of rotatable bonds is 5. The van der Waals surface area contributed by atoms with Crippen molar-refractivity contribution in [2.24, 2.45) is 5.73 Å². The number of nitrogens with two attached hydrogens (primary N) is 1. The number of nitrogens with one attached hydrogen (secondary N) is 1. The first kappa shape index (κ1) is 19.1. The van der Waals surface area contributed by atoms with Crippen LogP contribution in [0, 0.1) is 0 Å². The van der Waals surface area contributed by atoms with Crippen molar-refractivity contribution in [1.29, 1.82) is 0 Å². The Balaban J connectivity index is 1.49. The molecule has 1 aliphatic heterocycles. The number of carbonyl (C=O) groups is 2. The molecule has 1 aromatic heterocycles. The summed E-state index contributed by atoms with van der Waals surface area (Å²) >= 11 is 1.39. The molecule has 7 nitrogen and oxygen atoms in total. The third-order valence-electron chi connectivity index (χ3n) is 5.06. The molecule has 1 atom stereocenters. The largest absolute Gasteiger partial charge is 0.366 e. The molecular weight excluding hydrogens is 386 g/mol. The van der Waals surface area contributed by atoms with Gasteiger partial charge < -0.3 is 10.6 Å². The first-order chi connectivity index (χ1) is 14.0. The maximum atomic E-state index is 12.7. The fourth-order valence-corrected chi connectivity index (χ4v) is 4.30. The lowest BCUT2D eigenvalue weighted by Crippen LogP contribution is -2.25. The van der Waals surface area contributed by atoms with Crippen molar-refractivity contribution in [2.75, 3.05) is 16.8 Å².